The van der Waals surface area contributed by atoms with Crippen LogP contribution in [0.2, 0.25) is 0 Å². The molecule has 0 unspecified atom stereocenters. The number of hydrogen-bond donors (Lipinski definition) is 0. The van der Waals surface area contributed by atoms with Crippen molar-refractivity contribution in [2.24, 2.45) is 0 Å². The van der Waals surface area contributed by atoms with Gasteiger partial charge < -0.3 is 0 Å². The number of para-hydroxylation sites is 2. The van der Waals surface area contributed by atoms with E-state index < -0.39 is 0 Å². The molecule has 0 fully saturated rings. The highest BCUT2D eigenvalue weighted by Gasteiger charge is 2.28. The van der Waals surface area contributed by atoms with Gasteiger partial charge in [-0.15, -0.1) is 13.2 Å². The summed E-state index contributed by atoms with van der Waals surface area (Å²) in [6.45, 7) is 10.6. The Morgan fingerprint density at radius 1 is 0.700 bits per heavy atom. The molecule has 0 radical (unpaired) electrons. The quantitative estimate of drug-likeness (QED) is 0.151. The molecule has 0 aliphatic rings. The highest BCUT2D eigenvalue weighted by molar-refractivity contribution is 8.02. The smallest absolute Gasteiger partial charge is 0.0717 e. The molecular weight excluding hydrogens is 382 g/mol. The zero-order chi connectivity index (χ0) is 21.5. The van der Waals surface area contributed by atoms with Gasteiger partial charge in [0.15, 0.2) is 0 Å². The van der Waals surface area contributed by atoms with Crippen LogP contribution in [0.5, 0.6) is 0 Å². The van der Waals surface area contributed by atoms with E-state index in [0.29, 0.717) is 0 Å². The fourth-order valence-corrected chi connectivity index (χ4v) is 4.85. The van der Waals surface area contributed by atoms with Gasteiger partial charge in [0, 0.05) is 0 Å². The largest absolute Gasteiger partial charge is 0.284 e. The van der Waals surface area contributed by atoms with Crippen LogP contribution in [-0.2, 0) is 0 Å². The second-order valence-electron chi connectivity index (χ2n) is 8.00. The van der Waals surface area contributed by atoms with Crippen LogP contribution in [0.3, 0.4) is 0 Å². The van der Waals surface area contributed by atoms with Crippen molar-refractivity contribution in [2.75, 3.05) is 4.31 Å². The minimum Gasteiger partial charge on any atom is -0.284 e. The summed E-state index contributed by atoms with van der Waals surface area (Å²) in [6, 6.07) is 21.1. The maximum atomic E-state index is 4.18. The Balaban J connectivity index is 1.95. The molecule has 0 heterocycles. The van der Waals surface area contributed by atoms with Crippen LogP contribution in [0.25, 0.3) is 0 Å². The monoisotopic (exact) mass is 421 g/mol. The van der Waals surface area contributed by atoms with Crippen molar-refractivity contribution in [1.29, 1.82) is 0 Å². The minimum absolute atomic E-state index is 0.174. The normalized spacial score (nSPS) is 11.2. The van der Waals surface area contributed by atoms with Crippen molar-refractivity contribution in [2.45, 2.75) is 75.9 Å². The van der Waals surface area contributed by atoms with Gasteiger partial charge in [-0.05, 0) is 42.6 Å². The first kappa shape index (κ1) is 24.3. The Morgan fingerprint density at radius 2 is 1.13 bits per heavy atom. The highest BCUT2D eigenvalue weighted by atomic mass is 32.2. The predicted octanol–water partition coefficient (Wildman–Crippen LogP) is 9.50. The number of hydrogen-bond acceptors (Lipinski definition) is 2. The molecule has 0 amide bonds. The van der Waals surface area contributed by atoms with Crippen LogP contribution < -0.4 is 4.31 Å². The molecule has 0 saturated heterocycles. The summed E-state index contributed by atoms with van der Waals surface area (Å²) < 4.78 is 2.14. The van der Waals surface area contributed by atoms with Gasteiger partial charge in [-0.25, -0.2) is 0 Å². The lowest BCUT2D eigenvalue weighted by atomic mass is 9.99. The molecule has 0 bridgehead atoms. The lowest BCUT2D eigenvalue weighted by Crippen LogP contribution is -2.25. The van der Waals surface area contributed by atoms with Gasteiger partial charge >= 0.3 is 0 Å². The van der Waals surface area contributed by atoms with Gasteiger partial charge in [-0.3, -0.25) is 4.31 Å². The molecule has 0 aliphatic heterocycles. The molecule has 162 valence electrons. The van der Waals surface area contributed by atoms with Crippen LogP contribution in [0.4, 0.5) is 11.4 Å². The molecule has 1 nitrogen and oxygen atoms in total. The van der Waals surface area contributed by atoms with Crippen LogP contribution in [0, 0.1) is 0 Å². The predicted molar refractivity (Wildman–Crippen MR) is 138 cm³/mol. The summed E-state index contributed by atoms with van der Waals surface area (Å²) in [5, 5.41) is 0. The molecule has 2 rings (SSSR count). The Bertz CT molecular complexity index is 662. The third kappa shape index (κ3) is 8.07. The highest BCUT2D eigenvalue weighted by Crippen LogP contribution is 2.43. The van der Waals surface area contributed by atoms with Gasteiger partial charge in [0.25, 0.3) is 0 Å². The third-order valence-electron chi connectivity index (χ3n) is 5.60. The minimum atomic E-state index is -0.174. The van der Waals surface area contributed by atoms with Crippen LogP contribution in [0.1, 0.15) is 71.1 Å². The summed E-state index contributed by atoms with van der Waals surface area (Å²) in [5.41, 5.74) is 2.35. The van der Waals surface area contributed by atoms with E-state index in [2.05, 4.69) is 97.2 Å². The summed E-state index contributed by atoms with van der Waals surface area (Å²) in [7, 11) is 0. The van der Waals surface area contributed by atoms with Gasteiger partial charge in [-0.2, -0.15) is 0 Å². The molecule has 2 heteroatoms. The topological polar surface area (TPSA) is 3.24 Å². The molecule has 2 aromatic carbocycles. The molecular formula is C28H39NS. The van der Waals surface area contributed by atoms with E-state index in [1.165, 1.54) is 69.2 Å². The zero-order valence-electron chi connectivity index (χ0n) is 18.8. The summed E-state index contributed by atoms with van der Waals surface area (Å²) in [4.78, 5) is 0. The average molecular weight is 422 g/mol. The van der Waals surface area contributed by atoms with E-state index >= 15 is 0 Å². The first-order chi connectivity index (χ1) is 14.7. The SMILES string of the molecule is C=CC(C=C)(CCCCCCCCCCC)SN(c1ccccc1)c1ccccc1. The lowest BCUT2D eigenvalue weighted by Gasteiger charge is -2.34. The Morgan fingerprint density at radius 3 is 1.57 bits per heavy atom. The fourth-order valence-electron chi connectivity index (χ4n) is 3.67. The molecule has 0 saturated carbocycles. The van der Waals surface area contributed by atoms with Crippen molar-refractivity contribution in [1.82, 2.24) is 0 Å². The fraction of sp³-hybridized carbons (Fsp3) is 0.429. The van der Waals surface area contributed by atoms with Crippen LogP contribution in [-0.4, -0.2) is 4.75 Å². The number of benzene rings is 2. The van der Waals surface area contributed by atoms with Crippen molar-refractivity contribution in [3.63, 3.8) is 0 Å². The third-order valence-corrected chi connectivity index (χ3v) is 7.09. The standard InChI is InChI=1S/C28H39NS/c1-4-7-8-9-10-11-12-13-20-25-28(5-2,6-3)30-29(26-21-16-14-17-22-26)27-23-18-15-19-24-27/h5-6,14-19,21-24H,2-4,7-13,20,25H2,1H3. The van der Waals surface area contributed by atoms with Crippen molar-refractivity contribution < 1.29 is 0 Å². The van der Waals surface area contributed by atoms with E-state index in [4.69, 9.17) is 0 Å². The Labute approximate surface area is 189 Å². The van der Waals surface area contributed by atoms with E-state index in [1.807, 2.05) is 11.9 Å². The second-order valence-corrected chi connectivity index (χ2v) is 9.31. The zero-order valence-corrected chi connectivity index (χ0v) is 19.6. The van der Waals surface area contributed by atoms with Crippen molar-refractivity contribution in [3.05, 3.63) is 86.0 Å². The summed E-state index contributed by atoms with van der Waals surface area (Å²) in [5.74, 6) is 0. The first-order valence-corrected chi connectivity index (χ1v) is 12.4. The first-order valence-electron chi connectivity index (χ1n) is 11.6. The summed E-state index contributed by atoms with van der Waals surface area (Å²) >= 11 is 1.82. The van der Waals surface area contributed by atoms with Gasteiger partial charge in [0.2, 0.25) is 0 Å². The van der Waals surface area contributed by atoms with Gasteiger partial charge in [-0.1, -0.05) is 113 Å². The molecule has 0 atom stereocenters. The summed E-state index contributed by atoms with van der Waals surface area (Å²) in [6.07, 6.45) is 17.3. The molecule has 2 aromatic rings. The molecule has 30 heavy (non-hydrogen) atoms. The Kier molecular flexibility index (Phi) is 11.5. The van der Waals surface area contributed by atoms with E-state index in [9.17, 15) is 0 Å². The van der Waals surface area contributed by atoms with Gasteiger partial charge in [0.05, 0.1) is 16.1 Å². The number of anilines is 2. The van der Waals surface area contributed by atoms with Crippen LogP contribution in [0.15, 0.2) is 86.0 Å². The van der Waals surface area contributed by atoms with Crippen molar-refractivity contribution >= 4 is 23.3 Å². The Hall–Kier alpha value is -1.93. The van der Waals surface area contributed by atoms with Crippen LogP contribution >= 0.6 is 11.9 Å². The van der Waals surface area contributed by atoms with Gasteiger partial charge in [0.1, 0.15) is 0 Å². The van der Waals surface area contributed by atoms with E-state index in [1.54, 1.807) is 0 Å². The maximum absolute atomic E-state index is 4.18. The molecule has 0 aromatic heterocycles. The lowest BCUT2D eigenvalue weighted by molar-refractivity contribution is 0.550. The maximum Gasteiger partial charge on any atom is 0.0717 e. The van der Waals surface area contributed by atoms with E-state index in [-0.39, 0.29) is 4.75 Å². The number of rotatable bonds is 16. The average Bonchev–Trinajstić information content (AvgIpc) is 2.81. The molecule has 0 N–H and O–H groups in total. The number of unbranched alkanes of at least 4 members (excludes halogenated alkanes) is 8. The molecule has 0 aliphatic carbocycles. The second kappa shape index (κ2) is 14.1. The van der Waals surface area contributed by atoms with Crippen molar-refractivity contribution in [3.8, 4) is 0 Å². The van der Waals surface area contributed by atoms with E-state index in [0.717, 1.165) is 6.42 Å². The number of nitrogens with zero attached hydrogens (tertiary/aromatic N) is 1. The molecule has 0 spiro atoms.